The van der Waals surface area contributed by atoms with Crippen molar-refractivity contribution in [1.29, 1.82) is 0 Å². The fourth-order valence-electron chi connectivity index (χ4n) is 1.72. The summed E-state index contributed by atoms with van der Waals surface area (Å²) in [6.07, 6.45) is 3.59. The molecule has 4 nitrogen and oxygen atoms in total. The summed E-state index contributed by atoms with van der Waals surface area (Å²) < 4.78 is 5.31. The zero-order valence-corrected chi connectivity index (χ0v) is 10.7. The van der Waals surface area contributed by atoms with Crippen LogP contribution < -0.4 is 10.1 Å². The maximum absolute atomic E-state index is 8.67. The Morgan fingerprint density at radius 3 is 2.21 bits per heavy atom. The summed E-state index contributed by atoms with van der Waals surface area (Å²) in [4.78, 5) is 3.99. The van der Waals surface area contributed by atoms with E-state index in [-0.39, 0.29) is 6.61 Å². The minimum Gasteiger partial charge on any atom is -0.491 e. The number of aliphatic hydroxyl groups excluding tert-OH is 1. The standard InChI is InChI=1S/C15H18N2O2/c18-9-10-19-15-3-1-13(2-4-15)11-17-12-14-5-7-16-8-6-14/h1-8,17-18H,9-12H2. The van der Waals surface area contributed by atoms with Crippen molar-refractivity contribution in [2.75, 3.05) is 13.2 Å². The van der Waals surface area contributed by atoms with Crippen molar-refractivity contribution in [3.8, 4) is 5.75 Å². The van der Waals surface area contributed by atoms with Gasteiger partial charge in [-0.1, -0.05) is 12.1 Å². The van der Waals surface area contributed by atoms with E-state index in [0.29, 0.717) is 6.61 Å². The minimum atomic E-state index is 0.0369. The van der Waals surface area contributed by atoms with Crippen LogP contribution in [0.15, 0.2) is 48.8 Å². The van der Waals surface area contributed by atoms with Crippen LogP contribution in [0.4, 0.5) is 0 Å². The number of ether oxygens (including phenoxy) is 1. The molecule has 0 spiro atoms. The minimum absolute atomic E-state index is 0.0369. The Bertz CT molecular complexity index is 471. The van der Waals surface area contributed by atoms with E-state index in [1.807, 2.05) is 36.4 Å². The lowest BCUT2D eigenvalue weighted by atomic mass is 10.2. The molecule has 2 aromatic rings. The van der Waals surface area contributed by atoms with E-state index in [2.05, 4.69) is 10.3 Å². The van der Waals surface area contributed by atoms with Crippen molar-refractivity contribution in [2.45, 2.75) is 13.1 Å². The normalized spacial score (nSPS) is 10.4. The summed E-state index contributed by atoms with van der Waals surface area (Å²) in [7, 11) is 0. The van der Waals surface area contributed by atoms with Gasteiger partial charge in [-0.2, -0.15) is 0 Å². The zero-order valence-electron chi connectivity index (χ0n) is 10.7. The summed E-state index contributed by atoms with van der Waals surface area (Å²) in [6, 6.07) is 11.9. The second-order valence-electron chi connectivity index (χ2n) is 4.18. The fourth-order valence-corrected chi connectivity index (χ4v) is 1.72. The molecule has 1 heterocycles. The fraction of sp³-hybridized carbons (Fsp3) is 0.267. The molecule has 0 saturated carbocycles. The quantitative estimate of drug-likeness (QED) is 0.794. The van der Waals surface area contributed by atoms with E-state index in [4.69, 9.17) is 9.84 Å². The van der Waals surface area contributed by atoms with Gasteiger partial charge in [0.2, 0.25) is 0 Å². The Balaban J connectivity index is 1.77. The molecular formula is C15H18N2O2. The highest BCUT2D eigenvalue weighted by atomic mass is 16.5. The number of benzene rings is 1. The zero-order chi connectivity index (χ0) is 13.3. The first kappa shape index (κ1) is 13.5. The van der Waals surface area contributed by atoms with E-state index in [9.17, 15) is 0 Å². The van der Waals surface area contributed by atoms with E-state index < -0.39 is 0 Å². The Kier molecular flexibility index (Phi) is 5.34. The van der Waals surface area contributed by atoms with E-state index in [1.54, 1.807) is 12.4 Å². The van der Waals surface area contributed by atoms with Gasteiger partial charge in [0.1, 0.15) is 12.4 Å². The Morgan fingerprint density at radius 2 is 1.58 bits per heavy atom. The molecule has 0 aliphatic carbocycles. The number of pyridine rings is 1. The van der Waals surface area contributed by atoms with Gasteiger partial charge >= 0.3 is 0 Å². The molecule has 0 amide bonds. The van der Waals surface area contributed by atoms with Crippen molar-refractivity contribution >= 4 is 0 Å². The highest BCUT2D eigenvalue weighted by Crippen LogP contribution is 2.12. The van der Waals surface area contributed by atoms with E-state index in [1.165, 1.54) is 11.1 Å². The van der Waals surface area contributed by atoms with Gasteiger partial charge in [0.25, 0.3) is 0 Å². The SMILES string of the molecule is OCCOc1ccc(CNCc2ccncc2)cc1. The maximum Gasteiger partial charge on any atom is 0.119 e. The van der Waals surface area contributed by atoms with E-state index in [0.717, 1.165) is 18.8 Å². The molecule has 100 valence electrons. The molecule has 0 atom stereocenters. The smallest absolute Gasteiger partial charge is 0.119 e. The molecule has 0 radical (unpaired) electrons. The van der Waals surface area contributed by atoms with Gasteiger partial charge in [-0.3, -0.25) is 4.98 Å². The van der Waals surface area contributed by atoms with Crippen molar-refractivity contribution < 1.29 is 9.84 Å². The lowest BCUT2D eigenvalue weighted by molar-refractivity contribution is 0.201. The van der Waals surface area contributed by atoms with Crippen molar-refractivity contribution in [2.24, 2.45) is 0 Å². The van der Waals surface area contributed by atoms with Gasteiger partial charge in [0.15, 0.2) is 0 Å². The van der Waals surface area contributed by atoms with Gasteiger partial charge in [-0.05, 0) is 35.4 Å². The molecule has 1 aromatic carbocycles. The first-order valence-corrected chi connectivity index (χ1v) is 6.31. The van der Waals surface area contributed by atoms with Crippen LogP contribution in [0.5, 0.6) is 5.75 Å². The molecule has 0 saturated heterocycles. The predicted octanol–water partition coefficient (Wildman–Crippen LogP) is 1.74. The van der Waals surface area contributed by atoms with Crippen molar-refractivity contribution in [3.05, 3.63) is 59.9 Å². The van der Waals surface area contributed by atoms with Crippen molar-refractivity contribution in [1.82, 2.24) is 10.3 Å². The van der Waals surface area contributed by atoms with Crippen LogP contribution >= 0.6 is 0 Å². The number of rotatable bonds is 7. The summed E-state index contributed by atoms with van der Waals surface area (Å²) >= 11 is 0. The summed E-state index contributed by atoms with van der Waals surface area (Å²) in [5.74, 6) is 0.784. The molecule has 19 heavy (non-hydrogen) atoms. The summed E-state index contributed by atoms with van der Waals surface area (Å²) in [5, 5.41) is 12.0. The molecule has 0 bridgehead atoms. The van der Waals surface area contributed by atoms with Gasteiger partial charge < -0.3 is 15.2 Å². The van der Waals surface area contributed by atoms with Gasteiger partial charge in [-0.25, -0.2) is 0 Å². The average Bonchev–Trinajstić information content (AvgIpc) is 2.47. The topological polar surface area (TPSA) is 54.4 Å². The average molecular weight is 258 g/mol. The number of nitrogens with zero attached hydrogens (tertiary/aromatic N) is 1. The van der Waals surface area contributed by atoms with Crippen LogP contribution in [0.1, 0.15) is 11.1 Å². The Labute approximate surface area is 113 Å². The molecule has 1 aromatic heterocycles. The van der Waals surface area contributed by atoms with Crippen LogP contribution in [0.25, 0.3) is 0 Å². The number of hydrogen-bond donors (Lipinski definition) is 2. The Morgan fingerprint density at radius 1 is 0.947 bits per heavy atom. The van der Waals surface area contributed by atoms with Crippen molar-refractivity contribution in [3.63, 3.8) is 0 Å². The molecule has 0 aliphatic rings. The number of aromatic nitrogens is 1. The third-order valence-corrected chi connectivity index (χ3v) is 2.69. The van der Waals surface area contributed by atoms with Gasteiger partial charge in [-0.15, -0.1) is 0 Å². The van der Waals surface area contributed by atoms with Crippen LogP contribution in [-0.2, 0) is 13.1 Å². The van der Waals surface area contributed by atoms with Gasteiger partial charge in [0.05, 0.1) is 6.61 Å². The highest BCUT2D eigenvalue weighted by Gasteiger charge is 1.96. The number of nitrogens with one attached hydrogen (secondary N) is 1. The molecule has 0 aliphatic heterocycles. The molecule has 0 fully saturated rings. The second-order valence-corrected chi connectivity index (χ2v) is 4.18. The summed E-state index contributed by atoms with van der Waals surface area (Å²) in [5.41, 5.74) is 2.42. The first-order chi connectivity index (χ1) is 9.38. The largest absolute Gasteiger partial charge is 0.491 e. The van der Waals surface area contributed by atoms with Crippen LogP contribution in [0, 0.1) is 0 Å². The lowest BCUT2D eigenvalue weighted by Crippen LogP contribution is -2.12. The maximum atomic E-state index is 8.67. The molecule has 4 heteroatoms. The third-order valence-electron chi connectivity index (χ3n) is 2.69. The number of aliphatic hydroxyl groups is 1. The first-order valence-electron chi connectivity index (χ1n) is 6.31. The molecule has 2 N–H and O–H groups in total. The predicted molar refractivity (Wildman–Crippen MR) is 73.8 cm³/mol. The molecule has 2 rings (SSSR count). The van der Waals surface area contributed by atoms with Crippen LogP contribution in [-0.4, -0.2) is 23.3 Å². The van der Waals surface area contributed by atoms with Crippen LogP contribution in [0.3, 0.4) is 0 Å². The molecular weight excluding hydrogens is 240 g/mol. The number of hydrogen-bond acceptors (Lipinski definition) is 4. The Hall–Kier alpha value is -1.91. The van der Waals surface area contributed by atoms with Crippen LogP contribution in [0.2, 0.25) is 0 Å². The van der Waals surface area contributed by atoms with Gasteiger partial charge in [0, 0.05) is 25.5 Å². The second kappa shape index (κ2) is 7.51. The summed E-state index contributed by atoms with van der Waals surface area (Å²) in [6.45, 7) is 2.00. The third kappa shape index (κ3) is 4.69. The molecule has 0 unspecified atom stereocenters. The monoisotopic (exact) mass is 258 g/mol. The highest BCUT2D eigenvalue weighted by molar-refractivity contribution is 5.27. The lowest BCUT2D eigenvalue weighted by Gasteiger charge is -2.07. The van der Waals surface area contributed by atoms with E-state index >= 15 is 0 Å².